The molecule has 19 heavy (non-hydrogen) atoms. The van der Waals surface area contributed by atoms with E-state index in [2.05, 4.69) is 28.1 Å². The maximum atomic E-state index is 9.49. The molecule has 1 aliphatic carbocycles. The van der Waals surface area contributed by atoms with E-state index in [9.17, 15) is 5.11 Å². The van der Waals surface area contributed by atoms with Crippen molar-refractivity contribution in [2.75, 3.05) is 6.61 Å². The van der Waals surface area contributed by atoms with Gasteiger partial charge in [0, 0.05) is 16.5 Å². The topological polar surface area (TPSA) is 38.7 Å². The van der Waals surface area contributed by atoms with Crippen LogP contribution in [0.1, 0.15) is 36.8 Å². The first-order valence-corrected chi connectivity index (χ1v) is 7.75. The molecule has 2 aliphatic rings. The maximum absolute atomic E-state index is 9.49. The predicted molar refractivity (Wildman–Crippen MR) is 76.4 cm³/mol. The van der Waals surface area contributed by atoms with Crippen LogP contribution in [0, 0.1) is 0 Å². The smallest absolute Gasteiger partial charge is 0.128 e. The molecule has 104 valence electrons. The van der Waals surface area contributed by atoms with Gasteiger partial charge in [-0.3, -0.25) is 0 Å². The van der Waals surface area contributed by atoms with Crippen molar-refractivity contribution in [3.05, 3.63) is 27.7 Å². The average molecular weight is 327 g/mol. The van der Waals surface area contributed by atoms with Gasteiger partial charge in [0.05, 0.1) is 25.4 Å². The number of rotatable bonds is 3. The van der Waals surface area contributed by atoms with Gasteiger partial charge in [0.15, 0.2) is 0 Å². The molecule has 1 saturated carbocycles. The monoisotopic (exact) mass is 326 g/mol. The van der Waals surface area contributed by atoms with Gasteiger partial charge < -0.3 is 14.6 Å². The van der Waals surface area contributed by atoms with Crippen LogP contribution >= 0.6 is 15.9 Å². The first kappa shape index (κ1) is 13.4. The standard InChI is InChI=1S/C15H19BrO3/c16-12-7-10-5-6-18-15(10)11(8-12)9-19-14-3-1-13(17)2-4-14/h7-8,13-14,17H,1-6,9H2. The molecule has 0 spiro atoms. The van der Waals surface area contributed by atoms with Crippen molar-refractivity contribution in [1.29, 1.82) is 0 Å². The summed E-state index contributed by atoms with van der Waals surface area (Å²) in [6.45, 7) is 1.37. The van der Waals surface area contributed by atoms with E-state index in [0.29, 0.717) is 6.61 Å². The maximum Gasteiger partial charge on any atom is 0.128 e. The van der Waals surface area contributed by atoms with E-state index in [1.165, 1.54) is 5.56 Å². The van der Waals surface area contributed by atoms with Gasteiger partial charge >= 0.3 is 0 Å². The summed E-state index contributed by atoms with van der Waals surface area (Å²) in [6.07, 6.45) is 4.77. The number of aliphatic hydroxyl groups excluding tert-OH is 1. The fourth-order valence-corrected chi connectivity index (χ4v) is 3.43. The number of fused-ring (bicyclic) bond motifs is 1. The normalized spacial score (nSPS) is 26.0. The van der Waals surface area contributed by atoms with Gasteiger partial charge in [-0.05, 0) is 43.4 Å². The molecule has 3 rings (SSSR count). The van der Waals surface area contributed by atoms with Crippen molar-refractivity contribution < 1.29 is 14.6 Å². The van der Waals surface area contributed by atoms with E-state index in [-0.39, 0.29) is 12.2 Å². The van der Waals surface area contributed by atoms with Gasteiger partial charge in [-0.1, -0.05) is 15.9 Å². The van der Waals surface area contributed by atoms with Crippen LogP contribution in [0.15, 0.2) is 16.6 Å². The second kappa shape index (κ2) is 5.81. The molecule has 4 heteroatoms. The Balaban J connectivity index is 1.64. The Kier molecular flexibility index (Phi) is 4.10. The molecule has 1 N–H and O–H groups in total. The van der Waals surface area contributed by atoms with Crippen LogP contribution in [0.4, 0.5) is 0 Å². The minimum Gasteiger partial charge on any atom is -0.493 e. The van der Waals surface area contributed by atoms with E-state index >= 15 is 0 Å². The van der Waals surface area contributed by atoms with E-state index < -0.39 is 0 Å². The summed E-state index contributed by atoms with van der Waals surface area (Å²) < 4.78 is 12.8. The summed E-state index contributed by atoms with van der Waals surface area (Å²) >= 11 is 3.55. The zero-order chi connectivity index (χ0) is 13.2. The number of hydrogen-bond acceptors (Lipinski definition) is 3. The fraction of sp³-hybridized carbons (Fsp3) is 0.600. The molecule has 0 unspecified atom stereocenters. The first-order chi connectivity index (χ1) is 9.22. The molecular weight excluding hydrogens is 308 g/mol. The quantitative estimate of drug-likeness (QED) is 0.927. The Morgan fingerprint density at radius 3 is 2.84 bits per heavy atom. The molecule has 1 heterocycles. The number of halogens is 1. The van der Waals surface area contributed by atoms with Gasteiger partial charge in [0.1, 0.15) is 5.75 Å². The first-order valence-electron chi connectivity index (χ1n) is 6.96. The van der Waals surface area contributed by atoms with Gasteiger partial charge in [-0.2, -0.15) is 0 Å². The van der Waals surface area contributed by atoms with Crippen molar-refractivity contribution in [2.24, 2.45) is 0 Å². The van der Waals surface area contributed by atoms with Crippen LogP contribution in [0.2, 0.25) is 0 Å². The summed E-state index contributed by atoms with van der Waals surface area (Å²) in [4.78, 5) is 0. The van der Waals surface area contributed by atoms with Crippen molar-refractivity contribution in [2.45, 2.75) is 50.9 Å². The lowest BCUT2D eigenvalue weighted by Crippen LogP contribution is -2.24. The van der Waals surface area contributed by atoms with Gasteiger partial charge in [-0.25, -0.2) is 0 Å². The number of hydrogen-bond donors (Lipinski definition) is 1. The van der Waals surface area contributed by atoms with E-state index in [0.717, 1.165) is 54.5 Å². The Morgan fingerprint density at radius 2 is 2.05 bits per heavy atom. The molecule has 3 nitrogen and oxygen atoms in total. The third-order valence-electron chi connectivity index (χ3n) is 3.94. The highest BCUT2D eigenvalue weighted by Gasteiger charge is 2.22. The summed E-state index contributed by atoms with van der Waals surface area (Å²) in [5, 5.41) is 9.49. The lowest BCUT2D eigenvalue weighted by atomic mass is 9.95. The zero-order valence-electron chi connectivity index (χ0n) is 10.9. The third-order valence-corrected chi connectivity index (χ3v) is 4.40. The molecule has 1 aliphatic heterocycles. The van der Waals surface area contributed by atoms with Crippen molar-refractivity contribution in [1.82, 2.24) is 0 Å². The van der Waals surface area contributed by atoms with Gasteiger partial charge in [0.25, 0.3) is 0 Å². The Hall–Kier alpha value is -0.580. The van der Waals surface area contributed by atoms with Crippen molar-refractivity contribution in [3.8, 4) is 5.75 Å². The molecule has 0 radical (unpaired) electrons. The number of aliphatic hydroxyl groups is 1. The molecule has 0 aromatic heterocycles. The predicted octanol–water partition coefficient (Wildman–Crippen LogP) is 3.20. The summed E-state index contributed by atoms with van der Waals surface area (Å²) in [5.41, 5.74) is 2.40. The molecule has 1 aromatic rings. The fourth-order valence-electron chi connectivity index (χ4n) is 2.87. The van der Waals surface area contributed by atoms with E-state index in [1.54, 1.807) is 0 Å². The summed E-state index contributed by atoms with van der Waals surface area (Å²) in [7, 11) is 0. The Labute approximate surface area is 122 Å². The molecule has 1 aromatic carbocycles. The molecule has 0 atom stereocenters. The second-order valence-corrected chi connectivity index (χ2v) is 6.31. The lowest BCUT2D eigenvalue weighted by molar-refractivity contribution is -0.0124. The average Bonchev–Trinajstić information content (AvgIpc) is 2.85. The van der Waals surface area contributed by atoms with Crippen LogP contribution < -0.4 is 4.74 Å². The highest BCUT2D eigenvalue weighted by molar-refractivity contribution is 9.10. The molecular formula is C15H19BrO3. The molecule has 0 saturated heterocycles. The van der Waals surface area contributed by atoms with Gasteiger partial charge in [0.2, 0.25) is 0 Å². The van der Waals surface area contributed by atoms with Crippen LogP contribution in [0.25, 0.3) is 0 Å². The highest BCUT2D eigenvalue weighted by atomic mass is 79.9. The lowest BCUT2D eigenvalue weighted by Gasteiger charge is -2.25. The van der Waals surface area contributed by atoms with Crippen LogP contribution in [-0.4, -0.2) is 23.9 Å². The van der Waals surface area contributed by atoms with Crippen molar-refractivity contribution in [3.63, 3.8) is 0 Å². The molecule has 0 amide bonds. The zero-order valence-corrected chi connectivity index (χ0v) is 12.5. The second-order valence-electron chi connectivity index (χ2n) is 5.39. The van der Waals surface area contributed by atoms with E-state index in [4.69, 9.17) is 9.47 Å². The Morgan fingerprint density at radius 1 is 1.26 bits per heavy atom. The van der Waals surface area contributed by atoms with Crippen LogP contribution in [-0.2, 0) is 17.8 Å². The molecule has 0 bridgehead atoms. The van der Waals surface area contributed by atoms with Crippen molar-refractivity contribution >= 4 is 15.9 Å². The minimum absolute atomic E-state index is 0.127. The van der Waals surface area contributed by atoms with Crippen LogP contribution in [0.3, 0.4) is 0 Å². The summed E-state index contributed by atoms with van der Waals surface area (Å²) in [5.74, 6) is 1.01. The minimum atomic E-state index is -0.127. The van der Waals surface area contributed by atoms with Gasteiger partial charge in [-0.15, -0.1) is 0 Å². The number of benzene rings is 1. The SMILES string of the molecule is OC1CCC(OCc2cc(Br)cc3c2OCC3)CC1. The summed E-state index contributed by atoms with van der Waals surface area (Å²) in [6, 6.07) is 4.21. The van der Waals surface area contributed by atoms with E-state index in [1.807, 2.05) is 0 Å². The number of ether oxygens (including phenoxy) is 2. The molecule has 1 fully saturated rings. The highest BCUT2D eigenvalue weighted by Crippen LogP contribution is 2.34. The third kappa shape index (κ3) is 3.12. The Bertz CT molecular complexity index is 453. The van der Waals surface area contributed by atoms with Crippen LogP contribution in [0.5, 0.6) is 5.75 Å². The largest absolute Gasteiger partial charge is 0.493 e.